The highest BCUT2D eigenvalue weighted by atomic mass is 32.2. The molecule has 2 aliphatic heterocycles. The zero-order chi connectivity index (χ0) is 15.1. The van der Waals surface area contributed by atoms with Crippen molar-refractivity contribution < 1.29 is 12.8 Å². The lowest BCUT2D eigenvalue weighted by molar-refractivity contribution is 0.244. The average molecular weight is 312 g/mol. The van der Waals surface area contributed by atoms with E-state index in [9.17, 15) is 8.42 Å². The highest BCUT2D eigenvalue weighted by Gasteiger charge is 2.46. The van der Waals surface area contributed by atoms with E-state index in [0.29, 0.717) is 13.1 Å². The molecule has 0 unspecified atom stereocenters. The fourth-order valence-corrected chi connectivity index (χ4v) is 4.81. The topological polar surface area (TPSA) is 53.8 Å². The van der Waals surface area contributed by atoms with E-state index in [0.717, 1.165) is 44.0 Å². The van der Waals surface area contributed by atoms with E-state index in [-0.39, 0.29) is 11.2 Å². The van der Waals surface area contributed by atoms with Gasteiger partial charge >= 0.3 is 0 Å². The third-order valence-electron chi connectivity index (χ3n) is 4.85. The van der Waals surface area contributed by atoms with Gasteiger partial charge in [0.25, 0.3) is 0 Å². The fourth-order valence-electron chi connectivity index (χ4n) is 3.60. The Labute approximate surface area is 127 Å². The molecule has 0 bridgehead atoms. The summed E-state index contributed by atoms with van der Waals surface area (Å²) in [5.41, 5.74) is 0.157. The molecule has 118 valence electrons. The van der Waals surface area contributed by atoms with Gasteiger partial charge in [-0.15, -0.1) is 0 Å². The Morgan fingerprint density at radius 2 is 2.00 bits per heavy atom. The first-order valence-electron chi connectivity index (χ1n) is 7.68. The lowest BCUT2D eigenvalue weighted by Gasteiger charge is -2.24. The predicted molar refractivity (Wildman–Crippen MR) is 81.4 cm³/mol. The zero-order valence-corrected chi connectivity index (χ0v) is 13.7. The van der Waals surface area contributed by atoms with E-state index >= 15 is 0 Å². The number of sulfonamides is 1. The minimum absolute atomic E-state index is 0.157. The molecule has 2 aliphatic rings. The second-order valence-corrected chi connectivity index (χ2v) is 8.71. The minimum Gasteiger partial charge on any atom is -0.465 e. The number of likely N-dealkylation sites (tertiary alicyclic amines) is 1. The van der Waals surface area contributed by atoms with Crippen molar-refractivity contribution in [2.75, 3.05) is 31.9 Å². The lowest BCUT2D eigenvalue weighted by Crippen LogP contribution is -2.34. The van der Waals surface area contributed by atoms with Crippen LogP contribution in [0.3, 0.4) is 0 Å². The number of nitrogens with zero attached hydrogens (tertiary/aromatic N) is 2. The Kier molecular flexibility index (Phi) is 3.88. The third kappa shape index (κ3) is 3.03. The lowest BCUT2D eigenvalue weighted by atomic mass is 9.87. The van der Waals surface area contributed by atoms with Crippen LogP contribution in [0.4, 0.5) is 0 Å². The SMILES string of the molecule is CCS(=O)(=O)N1CC[C@]2(CCN(Cc3ccc(C)o3)C2)C1. The Hall–Kier alpha value is -0.850. The summed E-state index contributed by atoms with van der Waals surface area (Å²) in [6.07, 6.45) is 2.07. The average Bonchev–Trinajstić information content (AvgIpc) is 3.14. The maximum Gasteiger partial charge on any atom is 0.213 e. The van der Waals surface area contributed by atoms with Gasteiger partial charge in [0.1, 0.15) is 11.5 Å². The molecule has 0 aromatic carbocycles. The molecule has 21 heavy (non-hydrogen) atoms. The number of hydrogen-bond donors (Lipinski definition) is 0. The van der Waals surface area contributed by atoms with Gasteiger partial charge in [-0.2, -0.15) is 0 Å². The summed E-state index contributed by atoms with van der Waals surface area (Å²) in [5.74, 6) is 2.15. The molecular formula is C15H24N2O3S. The monoisotopic (exact) mass is 312 g/mol. The van der Waals surface area contributed by atoms with Crippen molar-refractivity contribution in [3.8, 4) is 0 Å². The molecule has 3 rings (SSSR count). The summed E-state index contributed by atoms with van der Waals surface area (Å²) in [6, 6.07) is 4.02. The van der Waals surface area contributed by atoms with E-state index < -0.39 is 10.0 Å². The van der Waals surface area contributed by atoms with Crippen LogP contribution < -0.4 is 0 Å². The number of hydrogen-bond acceptors (Lipinski definition) is 4. The molecule has 2 saturated heterocycles. The van der Waals surface area contributed by atoms with Gasteiger partial charge in [-0.25, -0.2) is 12.7 Å². The number of furan rings is 1. The third-order valence-corrected chi connectivity index (χ3v) is 6.68. The van der Waals surface area contributed by atoms with Crippen LogP contribution in [0, 0.1) is 12.3 Å². The van der Waals surface area contributed by atoms with Gasteiger partial charge in [0.05, 0.1) is 12.3 Å². The summed E-state index contributed by atoms with van der Waals surface area (Å²) in [7, 11) is -3.04. The second kappa shape index (κ2) is 5.41. The number of rotatable bonds is 4. The van der Waals surface area contributed by atoms with Gasteiger partial charge in [0.15, 0.2) is 0 Å². The van der Waals surface area contributed by atoms with Gasteiger partial charge in [-0.3, -0.25) is 4.90 Å². The van der Waals surface area contributed by atoms with Gasteiger partial charge < -0.3 is 4.42 Å². The zero-order valence-electron chi connectivity index (χ0n) is 12.8. The first-order chi connectivity index (χ1) is 9.92. The Morgan fingerprint density at radius 1 is 1.24 bits per heavy atom. The Morgan fingerprint density at radius 3 is 2.67 bits per heavy atom. The molecule has 0 aliphatic carbocycles. The molecule has 2 fully saturated rings. The van der Waals surface area contributed by atoms with Crippen molar-refractivity contribution in [3.63, 3.8) is 0 Å². The molecule has 3 heterocycles. The molecule has 0 saturated carbocycles. The van der Waals surface area contributed by atoms with E-state index in [1.807, 2.05) is 19.1 Å². The van der Waals surface area contributed by atoms with Crippen LogP contribution in [0.15, 0.2) is 16.5 Å². The van der Waals surface area contributed by atoms with Gasteiger partial charge in [-0.1, -0.05) is 0 Å². The highest BCUT2D eigenvalue weighted by molar-refractivity contribution is 7.89. The summed E-state index contributed by atoms with van der Waals surface area (Å²) in [5, 5.41) is 0. The van der Waals surface area contributed by atoms with Crippen molar-refractivity contribution >= 4 is 10.0 Å². The maximum atomic E-state index is 12.0. The van der Waals surface area contributed by atoms with Crippen LogP contribution in [-0.2, 0) is 16.6 Å². The van der Waals surface area contributed by atoms with Crippen LogP contribution in [0.2, 0.25) is 0 Å². The number of aryl methyl sites for hydroxylation is 1. The highest BCUT2D eigenvalue weighted by Crippen LogP contribution is 2.40. The van der Waals surface area contributed by atoms with Crippen LogP contribution in [-0.4, -0.2) is 49.6 Å². The standard InChI is InChI=1S/C15H24N2O3S/c1-3-21(18,19)17-9-7-15(12-17)6-8-16(11-15)10-14-5-4-13(2)20-14/h4-5H,3,6-12H2,1-2H3/t15-/m0/s1. The molecule has 1 atom stereocenters. The van der Waals surface area contributed by atoms with Crippen LogP contribution in [0.5, 0.6) is 0 Å². The first-order valence-corrected chi connectivity index (χ1v) is 9.29. The molecule has 1 aromatic heterocycles. The summed E-state index contributed by atoms with van der Waals surface area (Å²) >= 11 is 0. The fraction of sp³-hybridized carbons (Fsp3) is 0.733. The predicted octanol–water partition coefficient (Wildman–Crippen LogP) is 1.84. The minimum atomic E-state index is -3.04. The summed E-state index contributed by atoms with van der Waals surface area (Å²) in [4.78, 5) is 2.39. The molecule has 6 heteroatoms. The molecule has 5 nitrogen and oxygen atoms in total. The van der Waals surface area contributed by atoms with E-state index in [1.54, 1.807) is 11.2 Å². The van der Waals surface area contributed by atoms with Gasteiger partial charge in [-0.05, 0) is 50.8 Å². The van der Waals surface area contributed by atoms with Gasteiger partial charge in [0.2, 0.25) is 10.0 Å². The van der Waals surface area contributed by atoms with Crippen molar-refractivity contribution in [3.05, 3.63) is 23.7 Å². The largest absolute Gasteiger partial charge is 0.465 e. The van der Waals surface area contributed by atoms with Crippen molar-refractivity contribution in [1.29, 1.82) is 0 Å². The molecule has 1 aromatic rings. The second-order valence-electron chi connectivity index (χ2n) is 6.46. The van der Waals surface area contributed by atoms with Crippen LogP contribution in [0.1, 0.15) is 31.3 Å². The molecule has 1 spiro atoms. The quantitative estimate of drug-likeness (QED) is 0.851. The maximum absolute atomic E-state index is 12.0. The van der Waals surface area contributed by atoms with Crippen molar-refractivity contribution in [1.82, 2.24) is 9.21 Å². The van der Waals surface area contributed by atoms with Gasteiger partial charge in [0, 0.05) is 19.6 Å². The molecule has 0 N–H and O–H groups in total. The first kappa shape index (κ1) is 15.1. The molecule has 0 amide bonds. The molecule has 0 radical (unpaired) electrons. The van der Waals surface area contributed by atoms with E-state index in [2.05, 4.69) is 4.90 Å². The summed E-state index contributed by atoms with van der Waals surface area (Å²) in [6.45, 7) is 7.89. The van der Waals surface area contributed by atoms with E-state index in [4.69, 9.17) is 4.42 Å². The van der Waals surface area contributed by atoms with Crippen molar-refractivity contribution in [2.24, 2.45) is 5.41 Å². The van der Waals surface area contributed by atoms with Crippen LogP contribution >= 0.6 is 0 Å². The van der Waals surface area contributed by atoms with Crippen LogP contribution in [0.25, 0.3) is 0 Å². The Bertz CT molecular complexity index is 610. The molecular weight excluding hydrogens is 288 g/mol. The smallest absolute Gasteiger partial charge is 0.213 e. The summed E-state index contributed by atoms with van der Waals surface area (Å²) < 4.78 is 31.4. The Balaban J connectivity index is 1.62. The van der Waals surface area contributed by atoms with E-state index in [1.165, 1.54) is 0 Å². The normalized spacial score (nSPS) is 27.9. The van der Waals surface area contributed by atoms with Crippen molar-refractivity contribution in [2.45, 2.75) is 33.2 Å².